The lowest BCUT2D eigenvalue weighted by molar-refractivity contribution is 0.536. The lowest BCUT2D eigenvalue weighted by Crippen LogP contribution is -2.04. The number of hydrogen-bond acceptors (Lipinski definition) is 1. The van der Waals surface area contributed by atoms with Crippen LogP contribution in [0.25, 0.3) is 11.3 Å². The highest BCUT2D eigenvalue weighted by Gasteiger charge is 2.10. The third-order valence-electron chi connectivity index (χ3n) is 2.54. The van der Waals surface area contributed by atoms with Crippen LogP contribution < -0.4 is 0 Å². The average molecular weight is 279 g/mol. The van der Waals surface area contributed by atoms with Gasteiger partial charge in [-0.1, -0.05) is 29.8 Å². The third kappa shape index (κ3) is 2.19. The Hall–Kier alpha value is -1.09. The second-order valence-electron chi connectivity index (χ2n) is 4.26. The number of rotatable bonds is 2. The highest BCUT2D eigenvalue weighted by molar-refractivity contribution is 9.10. The van der Waals surface area contributed by atoms with E-state index in [0.717, 1.165) is 10.3 Å². The van der Waals surface area contributed by atoms with E-state index in [0.29, 0.717) is 6.04 Å². The molecule has 0 radical (unpaired) electrons. The molecular formula is C13H15BrN2. The van der Waals surface area contributed by atoms with Gasteiger partial charge in [0, 0.05) is 6.04 Å². The Labute approximate surface area is 104 Å². The van der Waals surface area contributed by atoms with E-state index in [9.17, 15) is 0 Å². The summed E-state index contributed by atoms with van der Waals surface area (Å²) < 4.78 is 2.92. The molecule has 0 bridgehead atoms. The second-order valence-corrected chi connectivity index (χ2v) is 5.07. The molecule has 0 spiro atoms. The molecule has 84 valence electrons. The summed E-state index contributed by atoms with van der Waals surface area (Å²) in [6.07, 6.45) is 0. The summed E-state index contributed by atoms with van der Waals surface area (Å²) in [6, 6.07) is 10.9. The molecule has 2 aromatic rings. The molecule has 0 unspecified atom stereocenters. The van der Waals surface area contributed by atoms with Crippen LogP contribution in [0.3, 0.4) is 0 Å². The molecule has 16 heavy (non-hydrogen) atoms. The summed E-state index contributed by atoms with van der Waals surface area (Å²) in [7, 11) is 0. The highest BCUT2D eigenvalue weighted by atomic mass is 79.9. The largest absolute Gasteiger partial charge is 0.261 e. The predicted molar refractivity (Wildman–Crippen MR) is 70.5 cm³/mol. The van der Waals surface area contributed by atoms with E-state index in [1.807, 2.05) is 4.68 Å². The molecule has 1 aromatic carbocycles. The summed E-state index contributed by atoms with van der Waals surface area (Å²) in [5.74, 6) is 0. The molecule has 0 saturated heterocycles. The van der Waals surface area contributed by atoms with Gasteiger partial charge in [-0.15, -0.1) is 0 Å². The molecule has 0 amide bonds. The Kier molecular flexibility index (Phi) is 3.15. The van der Waals surface area contributed by atoms with Crippen molar-refractivity contribution in [3.8, 4) is 11.3 Å². The fraction of sp³-hybridized carbons (Fsp3) is 0.308. The zero-order valence-corrected chi connectivity index (χ0v) is 11.3. The first kappa shape index (κ1) is 11.4. The van der Waals surface area contributed by atoms with Crippen LogP contribution in [0.4, 0.5) is 0 Å². The van der Waals surface area contributed by atoms with Gasteiger partial charge in [-0.3, -0.25) is 4.68 Å². The Morgan fingerprint density at radius 3 is 2.38 bits per heavy atom. The van der Waals surface area contributed by atoms with E-state index in [1.54, 1.807) is 0 Å². The molecule has 1 aromatic heterocycles. The summed E-state index contributed by atoms with van der Waals surface area (Å²) in [5, 5.41) is 4.44. The number of aromatic nitrogens is 2. The van der Waals surface area contributed by atoms with Gasteiger partial charge >= 0.3 is 0 Å². The van der Waals surface area contributed by atoms with Crippen molar-refractivity contribution in [2.24, 2.45) is 0 Å². The minimum absolute atomic E-state index is 0.364. The van der Waals surface area contributed by atoms with E-state index >= 15 is 0 Å². The van der Waals surface area contributed by atoms with Crippen LogP contribution in [0.1, 0.15) is 25.5 Å². The smallest absolute Gasteiger partial charge is 0.128 e. The minimum Gasteiger partial charge on any atom is -0.261 e. The van der Waals surface area contributed by atoms with Crippen LogP contribution in [0.5, 0.6) is 0 Å². The second kappa shape index (κ2) is 4.42. The quantitative estimate of drug-likeness (QED) is 0.805. The van der Waals surface area contributed by atoms with Crippen LogP contribution in [0.15, 0.2) is 34.9 Å². The Morgan fingerprint density at radius 1 is 1.19 bits per heavy atom. The van der Waals surface area contributed by atoms with Gasteiger partial charge in [-0.2, -0.15) is 5.10 Å². The highest BCUT2D eigenvalue weighted by Crippen LogP contribution is 2.25. The first-order valence-electron chi connectivity index (χ1n) is 5.40. The molecule has 0 atom stereocenters. The maximum absolute atomic E-state index is 4.44. The van der Waals surface area contributed by atoms with Gasteiger partial charge in [0.15, 0.2) is 0 Å². The van der Waals surface area contributed by atoms with E-state index < -0.39 is 0 Å². The number of benzene rings is 1. The van der Waals surface area contributed by atoms with Crippen molar-refractivity contribution in [2.45, 2.75) is 26.8 Å². The summed E-state index contributed by atoms with van der Waals surface area (Å²) in [6.45, 7) is 6.37. The maximum atomic E-state index is 4.44. The van der Waals surface area contributed by atoms with Crippen LogP contribution in [-0.4, -0.2) is 9.78 Å². The van der Waals surface area contributed by atoms with Crippen molar-refractivity contribution in [3.05, 3.63) is 40.5 Å². The molecule has 2 nitrogen and oxygen atoms in total. The monoisotopic (exact) mass is 278 g/mol. The van der Waals surface area contributed by atoms with Crippen molar-refractivity contribution in [2.75, 3.05) is 0 Å². The number of aryl methyl sites for hydroxylation is 1. The van der Waals surface area contributed by atoms with E-state index in [4.69, 9.17) is 0 Å². The van der Waals surface area contributed by atoms with Gasteiger partial charge in [-0.25, -0.2) is 0 Å². The van der Waals surface area contributed by atoms with Crippen molar-refractivity contribution in [1.29, 1.82) is 0 Å². The summed E-state index contributed by atoms with van der Waals surface area (Å²) in [4.78, 5) is 0. The van der Waals surface area contributed by atoms with E-state index in [1.165, 1.54) is 11.1 Å². The molecule has 1 heterocycles. The van der Waals surface area contributed by atoms with Gasteiger partial charge in [0.05, 0.1) is 5.69 Å². The predicted octanol–water partition coefficient (Wildman–Crippen LogP) is 4.20. The first-order valence-corrected chi connectivity index (χ1v) is 6.19. The molecule has 0 N–H and O–H groups in total. The number of nitrogens with zero attached hydrogens (tertiary/aromatic N) is 2. The van der Waals surface area contributed by atoms with Crippen LogP contribution in [0.2, 0.25) is 0 Å². The topological polar surface area (TPSA) is 17.8 Å². The zero-order valence-electron chi connectivity index (χ0n) is 9.74. The van der Waals surface area contributed by atoms with Crippen LogP contribution in [-0.2, 0) is 0 Å². The minimum atomic E-state index is 0.364. The molecule has 2 rings (SSSR count). The molecule has 0 aliphatic rings. The normalized spacial score (nSPS) is 11.1. The van der Waals surface area contributed by atoms with Gasteiger partial charge in [-0.05, 0) is 48.3 Å². The fourth-order valence-electron chi connectivity index (χ4n) is 1.70. The maximum Gasteiger partial charge on any atom is 0.128 e. The standard InChI is InChI=1S/C13H15BrN2/c1-9(2)16-12(8-13(14)15-16)11-6-4-10(3)5-7-11/h4-9H,1-3H3. The molecule has 0 fully saturated rings. The molecule has 0 aliphatic heterocycles. The lowest BCUT2D eigenvalue weighted by atomic mass is 10.1. The number of hydrogen-bond donors (Lipinski definition) is 0. The number of halogens is 1. The van der Waals surface area contributed by atoms with E-state index in [2.05, 4.69) is 72.1 Å². The van der Waals surface area contributed by atoms with Crippen LogP contribution in [0, 0.1) is 6.92 Å². The Morgan fingerprint density at radius 2 is 1.81 bits per heavy atom. The lowest BCUT2D eigenvalue weighted by Gasteiger charge is -2.10. The summed E-state index contributed by atoms with van der Waals surface area (Å²) >= 11 is 3.43. The summed E-state index contributed by atoms with van der Waals surface area (Å²) in [5.41, 5.74) is 3.64. The molecular weight excluding hydrogens is 264 g/mol. The first-order chi connectivity index (χ1) is 7.58. The molecule has 3 heteroatoms. The molecule has 0 aliphatic carbocycles. The Bertz CT molecular complexity index is 483. The van der Waals surface area contributed by atoms with Crippen molar-refractivity contribution >= 4 is 15.9 Å². The zero-order chi connectivity index (χ0) is 11.7. The average Bonchev–Trinajstić information content (AvgIpc) is 2.61. The van der Waals surface area contributed by atoms with Gasteiger partial charge in [0.1, 0.15) is 4.60 Å². The molecule has 0 saturated carbocycles. The van der Waals surface area contributed by atoms with Crippen molar-refractivity contribution in [3.63, 3.8) is 0 Å². The van der Waals surface area contributed by atoms with Crippen LogP contribution >= 0.6 is 15.9 Å². The van der Waals surface area contributed by atoms with Gasteiger partial charge < -0.3 is 0 Å². The SMILES string of the molecule is Cc1ccc(-c2cc(Br)nn2C(C)C)cc1. The van der Waals surface area contributed by atoms with Gasteiger partial charge in [0.2, 0.25) is 0 Å². The van der Waals surface area contributed by atoms with Crippen molar-refractivity contribution in [1.82, 2.24) is 9.78 Å². The Balaban J connectivity index is 2.50. The fourth-order valence-corrected chi connectivity index (χ4v) is 2.09. The van der Waals surface area contributed by atoms with Crippen molar-refractivity contribution < 1.29 is 0 Å². The van der Waals surface area contributed by atoms with E-state index in [-0.39, 0.29) is 0 Å². The van der Waals surface area contributed by atoms with Gasteiger partial charge in [0.25, 0.3) is 0 Å². The third-order valence-corrected chi connectivity index (χ3v) is 2.93.